The van der Waals surface area contributed by atoms with Gasteiger partial charge in [0.2, 0.25) is 5.54 Å². The summed E-state index contributed by atoms with van der Waals surface area (Å²) in [5, 5.41) is 9.82. The average Bonchev–Trinajstić information content (AvgIpc) is 2.75. The lowest BCUT2D eigenvalue weighted by Gasteiger charge is -2.34. The molecule has 1 amide bonds. The van der Waals surface area contributed by atoms with Gasteiger partial charge in [-0.3, -0.25) is 9.69 Å². The van der Waals surface area contributed by atoms with Gasteiger partial charge in [0.05, 0.1) is 26.4 Å². The topological polar surface area (TPSA) is 93.1 Å². The zero-order valence-corrected chi connectivity index (χ0v) is 12.2. The van der Waals surface area contributed by atoms with Crippen molar-refractivity contribution in [3.63, 3.8) is 0 Å². The van der Waals surface area contributed by atoms with Crippen LogP contribution in [0.2, 0.25) is 0 Å². The number of ether oxygens (including phenoxy) is 2. The van der Waals surface area contributed by atoms with E-state index in [1.54, 1.807) is 20.8 Å². The Balaban J connectivity index is 3.30. The number of aliphatic hydroxyl groups is 1. The number of β-amino-alcohol motifs (C(OH)–C–C–N with tert-alkyl or cyclic N) is 1. The summed E-state index contributed by atoms with van der Waals surface area (Å²) in [6.07, 6.45) is -1.97. The molecule has 1 aliphatic rings. The van der Waals surface area contributed by atoms with E-state index in [9.17, 15) is 19.5 Å². The summed E-state index contributed by atoms with van der Waals surface area (Å²) < 4.78 is 9.57. The van der Waals surface area contributed by atoms with Crippen LogP contribution in [0.15, 0.2) is 0 Å². The van der Waals surface area contributed by atoms with Crippen LogP contribution in [0, 0.1) is 5.92 Å². The van der Waals surface area contributed by atoms with Crippen LogP contribution in [0.25, 0.3) is 0 Å². The summed E-state index contributed by atoms with van der Waals surface area (Å²) in [5.74, 6) is -1.77. The third-order valence-electron chi connectivity index (χ3n) is 3.33. The van der Waals surface area contributed by atoms with E-state index in [4.69, 9.17) is 4.74 Å². The zero-order chi connectivity index (χ0) is 15.5. The van der Waals surface area contributed by atoms with Crippen molar-refractivity contribution in [2.24, 2.45) is 5.92 Å². The highest BCUT2D eigenvalue weighted by Gasteiger charge is 2.60. The quantitative estimate of drug-likeness (QED) is 0.592. The number of carbonyl (C=O) groups is 3. The summed E-state index contributed by atoms with van der Waals surface area (Å²) in [5.41, 5.74) is -1.79. The first-order valence-electron chi connectivity index (χ1n) is 6.56. The minimum atomic E-state index is -1.79. The molecule has 0 aromatic carbocycles. The Morgan fingerprint density at radius 2 is 2.00 bits per heavy atom. The predicted molar refractivity (Wildman–Crippen MR) is 68.9 cm³/mol. The minimum Gasteiger partial charge on any atom is -0.464 e. The fraction of sp³-hybridized carbons (Fsp3) is 0.769. The van der Waals surface area contributed by atoms with Crippen LogP contribution < -0.4 is 0 Å². The van der Waals surface area contributed by atoms with Crippen LogP contribution >= 0.6 is 0 Å². The normalized spacial score (nSPS) is 25.7. The number of ketones is 1. The van der Waals surface area contributed by atoms with E-state index in [-0.39, 0.29) is 19.6 Å². The van der Waals surface area contributed by atoms with Crippen molar-refractivity contribution in [2.75, 3.05) is 20.3 Å². The van der Waals surface area contributed by atoms with Crippen molar-refractivity contribution in [3.05, 3.63) is 0 Å². The number of amides is 1. The maximum absolute atomic E-state index is 12.5. The van der Waals surface area contributed by atoms with Gasteiger partial charge in [-0.25, -0.2) is 9.59 Å². The number of methoxy groups -OCH3 is 1. The number of hydrogen-bond acceptors (Lipinski definition) is 6. The van der Waals surface area contributed by atoms with Gasteiger partial charge in [-0.1, -0.05) is 13.8 Å². The molecule has 0 unspecified atom stereocenters. The molecular weight excluding hydrogens is 266 g/mol. The molecule has 0 aromatic rings. The van der Waals surface area contributed by atoms with Crippen molar-refractivity contribution in [2.45, 2.75) is 38.8 Å². The highest BCUT2D eigenvalue weighted by molar-refractivity contribution is 6.11. The number of aliphatic hydroxyl groups excluding tert-OH is 1. The maximum atomic E-state index is 12.5. The molecule has 0 spiro atoms. The third kappa shape index (κ3) is 2.63. The van der Waals surface area contributed by atoms with E-state index in [1.807, 2.05) is 0 Å². The van der Waals surface area contributed by atoms with E-state index in [0.717, 1.165) is 12.0 Å². The van der Waals surface area contributed by atoms with Crippen molar-refractivity contribution in [3.8, 4) is 0 Å². The molecular formula is C13H21NO6. The Kier molecular flexibility index (Phi) is 5.10. The second-order valence-electron chi connectivity index (χ2n) is 5.04. The third-order valence-corrected chi connectivity index (χ3v) is 3.33. The van der Waals surface area contributed by atoms with Gasteiger partial charge in [-0.2, -0.15) is 0 Å². The van der Waals surface area contributed by atoms with Gasteiger partial charge in [0.15, 0.2) is 5.78 Å². The van der Waals surface area contributed by atoms with Gasteiger partial charge in [0.1, 0.15) is 0 Å². The Morgan fingerprint density at radius 1 is 1.40 bits per heavy atom. The largest absolute Gasteiger partial charge is 0.464 e. The number of carbonyl (C=O) groups excluding carboxylic acids is 3. The van der Waals surface area contributed by atoms with Crippen molar-refractivity contribution in [1.82, 2.24) is 4.90 Å². The van der Waals surface area contributed by atoms with Crippen LogP contribution in [0.1, 0.15) is 27.2 Å². The first-order valence-corrected chi connectivity index (χ1v) is 6.56. The molecule has 1 rings (SSSR count). The zero-order valence-electron chi connectivity index (χ0n) is 12.2. The van der Waals surface area contributed by atoms with Crippen molar-refractivity contribution < 1.29 is 29.0 Å². The smallest absolute Gasteiger partial charge is 0.410 e. The van der Waals surface area contributed by atoms with E-state index < -0.39 is 35.4 Å². The molecule has 7 nitrogen and oxygen atoms in total. The van der Waals surface area contributed by atoms with Crippen molar-refractivity contribution in [1.29, 1.82) is 0 Å². The van der Waals surface area contributed by atoms with E-state index in [2.05, 4.69) is 4.74 Å². The molecule has 1 saturated heterocycles. The van der Waals surface area contributed by atoms with Gasteiger partial charge >= 0.3 is 12.1 Å². The summed E-state index contributed by atoms with van der Waals surface area (Å²) in [6.45, 7) is 4.81. The molecule has 114 valence electrons. The monoisotopic (exact) mass is 287 g/mol. The number of nitrogens with zero attached hydrogens (tertiary/aromatic N) is 1. The lowest BCUT2D eigenvalue weighted by atomic mass is 9.84. The summed E-state index contributed by atoms with van der Waals surface area (Å²) in [4.78, 5) is 37.6. The molecule has 0 aromatic heterocycles. The molecule has 2 atom stereocenters. The second kappa shape index (κ2) is 6.21. The van der Waals surface area contributed by atoms with Crippen LogP contribution in [0.5, 0.6) is 0 Å². The molecule has 1 aliphatic heterocycles. The molecule has 0 aliphatic carbocycles. The standard InChI is InChI=1S/C13H21NO6/c1-5-20-11(17)13(10(16)8(2)3)6-9(15)7-14(13)12(18)19-4/h8-9,15H,5-7H2,1-4H3/t9-,13+/m1/s1. The first kappa shape index (κ1) is 16.4. The molecule has 0 saturated carbocycles. The summed E-state index contributed by atoms with van der Waals surface area (Å²) in [7, 11) is 1.16. The van der Waals surface area contributed by atoms with E-state index >= 15 is 0 Å². The number of likely N-dealkylation sites (tertiary alicyclic amines) is 1. The molecule has 0 radical (unpaired) electrons. The molecule has 20 heavy (non-hydrogen) atoms. The number of hydrogen-bond donors (Lipinski definition) is 1. The Hall–Kier alpha value is -1.63. The lowest BCUT2D eigenvalue weighted by Crippen LogP contribution is -2.60. The molecule has 0 bridgehead atoms. The maximum Gasteiger partial charge on any atom is 0.410 e. The molecule has 1 N–H and O–H groups in total. The van der Waals surface area contributed by atoms with Gasteiger partial charge in [0.25, 0.3) is 0 Å². The van der Waals surface area contributed by atoms with Crippen LogP contribution in [-0.4, -0.2) is 59.8 Å². The van der Waals surface area contributed by atoms with E-state index in [0.29, 0.717) is 0 Å². The van der Waals surface area contributed by atoms with Crippen molar-refractivity contribution >= 4 is 17.8 Å². The van der Waals surface area contributed by atoms with Gasteiger partial charge in [0, 0.05) is 12.3 Å². The van der Waals surface area contributed by atoms with Gasteiger partial charge in [-0.15, -0.1) is 0 Å². The summed E-state index contributed by atoms with van der Waals surface area (Å²) >= 11 is 0. The SMILES string of the molecule is CCOC(=O)[C@@]1(C(=O)C(C)C)C[C@@H](O)CN1C(=O)OC. The fourth-order valence-corrected chi connectivity index (χ4v) is 2.48. The summed E-state index contributed by atoms with van der Waals surface area (Å²) in [6, 6.07) is 0. The molecule has 1 heterocycles. The van der Waals surface area contributed by atoms with Crippen LogP contribution in [-0.2, 0) is 19.1 Å². The molecule has 1 fully saturated rings. The highest BCUT2D eigenvalue weighted by Crippen LogP contribution is 2.34. The highest BCUT2D eigenvalue weighted by atomic mass is 16.6. The molecule has 7 heteroatoms. The number of esters is 1. The van der Waals surface area contributed by atoms with Gasteiger partial charge in [-0.05, 0) is 6.92 Å². The van der Waals surface area contributed by atoms with E-state index in [1.165, 1.54) is 0 Å². The number of rotatable bonds is 4. The Bertz CT molecular complexity index is 408. The van der Waals surface area contributed by atoms with Gasteiger partial charge < -0.3 is 14.6 Å². The second-order valence-corrected chi connectivity index (χ2v) is 5.04. The van der Waals surface area contributed by atoms with Crippen LogP contribution in [0.3, 0.4) is 0 Å². The average molecular weight is 287 g/mol. The Labute approximate surface area is 117 Å². The van der Waals surface area contributed by atoms with Crippen LogP contribution in [0.4, 0.5) is 4.79 Å². The number of Topliss-reactive ketones (excluding diaryl/α,β-unsaturated/α-hetero) is 1. The fourth-order valence-electron chi connectivity index (χ4n) is 2.48. The first-order chi connectivity index (χ1) is 9.31. The minimum absolute atomic E-state index is 0.0804. The predicted octanol–water partition coefficient (Wildman–Crippen LogP) is 0.346. The Morgan fingerprint density at radius 3 is 2.45 bits per heavy atom. The lowest BCUT2D eigenvalue weighted by molar-refractivity contribution is -0.161.